The Morgan fingerprint density at radius 1 is 1.12 bits per heavy atom. The maximum absolute atomic E-state index is 12.3. The minimum absolute atomic E-state index is 0.267. The van der Waals surface area contributed by atoms with Crippen LogP contribution in [0.25, 0.3) is 10.8 Å². The molecule has 2 aromatic carbocycles. The Hall–Kier alpha value is -2.31. The van der Waals surface area contributed by atoms with E-state index in [0.29, 0.717) is 5.56 Å². The Bertz CT molecular complexity index is 1010. The van der Waals surface area contributed by atoms with Crippen molar-refractivity contribution in [3.05, 3.63) is 70.0 Å². The smallest absolute Gasteiger partial charge is 0.259 e. The number of halogens is 1. The molecule has 3 aromatic rings. The molecule has 1 aliphatic rings. The van der Waals surface area contributed by atoms with Gasteiger partial charge in [0.05, 0.1) is 5.56 Å². The number of nitrogens with one attached hydrogen (secondary N) is 2. The average molecular weight is 412 g/mol. The van der Waals surface area contributed by atoms with Crippen LogP contribution < -0.4 is 10.6 Å². The quantitative estimate of drug-likeness (QED) is 0.619. The highest BCUT2D eigenvalue weighted by atomic mass is 79.9. The van der Waals surface area contributed by atoms with E-state index in [1.54, 1.807) is 12.3 Å². The molecule has 0 bridgehead atoms. The van der Waals surface area contributed by atoms with Crippen molar-refractivity contribution in [2.24, 2.45) is 0 Å². The molecule has 1 amide bonds. The summed E-state index contributed by atoms with van der Waals surface area (Å²) in [4.78, 5) is 16.3. The van der Waals surface area contributed by atoms with Crippen LogP contribution in [0.1, 0.15) is 21.5 Å². The van der Waals surface area contributed by atoms with E-state index < -0.39 is 0 Å². The second kappa shape index (κ2) is 6.54. The van der Waals surface area contributed by atoms with Crippen LogP contribution in [0.2, 0.25) is 0 Å². The van der Waals surface area contributed by atoms with E-state index in [9.17, 15) is 4.79 Å². The standard InChI is InChI=1S/C19H14BrN3OS/c20-14-8-13(9-21-10-14)18(24)23-19(25)22-16-7-6-12-5-4-11-2-1-3-15(16)17(11)12/h1-3,6-10H,4-5H2,(H2,22,23,24,25). The van der Waals surface area contributed by atoms with Crippen LogP contribution in [0.4, 0.5) is 5.69 Å². The summed E-state index contributed by atoms with van der Waals surface area (Å²) >= 11 is 8.62. The van der Waals surface area contributed by atoms with E-state index >= 15 is 0 Å². The van der Waals surface area contributed by atoms with Crippen molar-refractivity contribution in [1.29, 1.82) is 0 Å². The first kappa shape index (κ1) is 16.2. The topological polar surface area (TPSA) is 54.0 Å². The van der Waals surface area contributed by atoms with Crippen molar-refractivity contribution in [3.63, 3.8) is 0 Å². The van der Waals surface area contributed by atoms with E-state index in [1.165, 1.54) is 22.7 Å². The first-order valence-electron chi connectivity index (χ1n) is 7.88. The average Bonchev–Trinajstić information content (AvgIpc) is 3.02. The van der Waals surface area contributed by atoms with E-state index in [1.807, 2.05) is 6.07 Å². The number of aromatic nitrogens is 1. The first-order chi connectivity index (χ1) is 12.1. The van der Waals surface area contributed by atoms with Gasteiger partial charge in [-0.1, -0.05) is 24.3 Å². The highest BCUT2D eigenvalue weighted by molar-refractivity contribution is 9.10. The van der Waals surface area contributed by atoms with Gasteiger partial charge >= 0.3 is 0 Å². The molecule has 0 atom stereocenters. The number of anilines is 1. The fourth-order valence-corrected chi connectivity index (χ4v) is 3.79. The Kier molecular flexibility index (Phi) is 4.23. The van der Waals surface area contributed by atoms with Gasteiger partial charge in [-0.15, -0.1) is 0 Å². The van der Waals surface area contributed by atoms with Gasteiger partial charge in [0.25, 0.3) is 5.91 Å². The maximum Gasteiger partial charge on any atom is 0.259 e. The van der Waals surface area contributed by atoms with E-state index in [2.05, 4.69) is 55.8 Å². The molecule has 1 heterocycles. The predicted octanol–water partition coefficient (Wildman–Crippen LogP) is 4.22. The summed E-state index contributed by atoms with van der Waals surface area (Å²) < 4.78 is 0.742. The molecule has 0 saturated heterocycles. The van der Waals surface area contributed by atoms with Gasteiger partial charge < -0.3 is 5.32 Å². The van der Waals surface area contributed by atoms with Crippen LogP contribution in [0.3, 0.4) is 0 Å². The van der Waals surface area contributed by atoms with Gasteiger partial charge in [-0.3, -0.25) is 15.1 Å². The molecule has 1 aromatic heterocycles. The minimum atomic E-state index is -0.294. The molecule has 6 heteroatoms. The third-order valence-corrected chi connectivity index (χ3v) is 4.96. The molecule has 0 saturated carbocycles. The Morgan fingerprint density at radius 3 is 2.72 bits per heavy atom. The summed E-state index contributed by atoms with van der Waals surface area (Å²) in [6.45, 7) is 0. The molecule has 0 unspecified atom stereocenters. The van der Waals surface area contributed by atoms with Crippen molar-refractivity contribution in [2.75, 3.05) is 5.32 Å². The second-order valence-corrected chi connectivity index (χ2v) is 7.24. The molecule has 0 spiro atoms. The third kappa shape index (κ3) is 3.15. The highest BCUT2D eigenvalue weighted by Gasteiger charge is 2.16. The minimum Gasteiger partial charge on any atom is -0.332 e. The highest BCUT2D eigenvalue weighted by Crippen LogP contribution is 2.34. The molecule has 2 N–H and O–H groups in total. The predicted molar refractivity (Wildman–Crippen MR) is 107 cm³/mol. The third-order valence-electron chi connectivity index (χ3n) is 4.32. The number of aryl methyl sites for hydroxylation is 2. The number of carbonyl (C=O) groups excluding carboxylic acids is 1. The monoisotopic (exact) mass is 411 g/mol. The Morgan fingerprint density at radius 2 is 1.92 bits per heavy atom. The van der Waals surface area contributed by atoms with Crippen LogP contribution in [-0.2, 0) is 12.8 Å². The number of benzene rings is 2. The molecule has 0 radical (unpaired) electrons. The summed E-state index contributed by atoms with van der Waals surface area (Å²) in [6.07, 6.45) is 5.28. The van der Waals surface area contributed by atoms with Crippen LogP contribution in [-0.4, -0.2) is 16.0 Å². The van der Waals surface area contributed by atoms with Crippen molar-refractivity contribution in [2.45, 2.75) is 12.8 Å². The number of amides is 1. The van der Waals surface area contributed by atoms with Crippen molar-refractivity contribution < 1.29 is 4.79 Å². The lowest BCUT2D eigenvalue weighted by atomic mass is 10.0. The maximum atomic E-state index is 12.3. The van der Waals surface area contributed by atoms with Gasteiger partial charge in [0.2, 0.25) is 0 Å². The fraction of sp³-hybridized carbons (Fsp3) is 0.105. The molecule has 0 fully saturated rings. The molecular weight excluding hydrogens is 398 g/mol. The van der Waals surface area contributed by atoms with Crippen LogP contribution in [0, 0.1) is 0 Å². The molecule has 0 aliphatic heterocycles. The van der Waals surface area contributed by atoms with Crippen LogP contribution in [0.15, 0.2) is 53.3 Å². The normalized spacial score (nSPS) is 12.2. The van der Waals surface area contributed by atoms with E-state index in [4.69, 9.17) is 12.2 Å². The lowest BCUT2D eigenvalue weighted by molar-refractivity contribution is 0.0977. The first-order valence-corrected chi connectivity index (χ1v) is 9.08. The molecule has 124 valence electrons. The summed E-state index contributed by atoms with van der Waals surface area (Å²) in [6, 6.07) is 12.2. The lowest BCUT2D eigenvalue weighted by Crippen LogP contribution is -2.34. The summed E-state index contributed by atoms with van der Waals surface area (Å²) in [5, 5.41) is 8.56. The second-order valence-electron chi connectivity index (χ2n) is 5.91. The van der Waals surface area contributed by atoms with Gasteiger partial charge in [-0.25, -0.2) is 0 Å². The van der Waals surface area contributed by atoms with Gasteiger partial charge in [-0.05, 0) is 69.6 Å². The van der Waals surface area contributed by atoms with E-state index in [-0.39, 0.29) is 11.0 Å². The molecule has 4 nitrogen and oxygen atoms in total. The van der Waals surface area contributed by atoms with Gasteiger partial charge in [-0.2, -0.15) is 0 Å². The van der Waals surface area contributed by atoms with Gasteiger partial charge in [0.15, 0.2) is 5.11 Å². The Balaban J connectivity index is 1.56. The van der Waals surface area contributed by atoms with Crippen molar-refractivity contribution >= 4 is 55.6 Å². The number of nitrogens with zero attached hydrogens (tertiary/aromatic N) is 1. The SMILES string of the molecule is O=C(NC(=S)Nc1ccc2c3c(cccc13)CC2)c1cncc(Br)c1. The molecule has 25 heavy (non-hydrogen) atoms. The summed E-state index contributed by atoms with van der Waals surface area (Å²) in [7, 11) is 0. The molecule has 1 aliphatic carbocycles. The van der Waals surface area contributed by atoms with Gasteiger partial charge in [0, 0.05) is 27.9 Å². The number of thiocarbonyl (C=S) groups is 1. The van der Waals surface area contributed by atoms with Crippen LogP contribution >= 0.6 is 28.1 Å². The Labute approximate surface area is 158 Å². The van der Waals surface area contributed by atoms with E-state index in [0.717, 1.165) is 28.4 Å². The number of rotatable bonds is 2. The molecular formula is C19H14BrN3OS. The zero-order valence-corrected chi connectivity index (χ0v) is 15.6. The zero-order valence-electron chi connectivity index (χ0n) is 13.2. The van der Waals surface area contributed by atoms with Crippen LogP contribution in [0.5, 0.6) is 0 Å². The number of pyridine rings is 1. The fourth-order valence-electron chi connectivity index (χ4n) is 3.22. The summed E-state index contributed by atoms with van der Waals surface area (Å²) in [5.74, 6) is -0.294. The summed E-state index contributed by atoms with van der Waals surface area (Å²) in [5.41, 5.74) is 4.08. The number of hydrogen-bond acceptors (Lipinski definition) is 3. The zero-order chi connectivity index (χ0) is 17.4. The number of carbonyl (C=O) groups is 1. The van der Waals surface area contributed by atoms with Gasteiger partial charge in [0.1, 0.15) is 0 Å². The number of hydrogen-bond donors (Lipinski definition) is 2. The largest absolute Gasteiger partial charge is 0.332 e. The van der Waals surface area contributed by atoms with Crippen molar-refractivity contribution in [1.82, 2.24) is 10.3 Å². The van der Waals surface area contributed by atoms with Crippen molar-refractivity contribution in [3.8, 4) is 0 Å². The lowest BCUT2D eigenvalue weighted by Gasteiger charge is -2.13. The molecule has 4 rings (SSSR count).